The number of fused-ring (bicyclic) bond motifs is 3. The van der Waals surface area contributed by atoms with E-state index in [0.29, 0.717) is 27.4 Å². The van der Waals surface area contributed by atoms with Gasteiger partial charge in [-0.1, -0.05) is 41.9 Å². The number of hydrogen-bond donors (Lipinski definition) is 1. The average Bonchev–Trinajstić information content (AvgIpc) is 3.21. The lowest BCUT2D eigenvalue weighted by Gasteiger charge is -2.12. The summed E-state index contributed by atoms with van der Waals surface area (Å²) in [6.45, 7) is 0.282. The normalized spacial score (nSPS) is 11.1. The number of halogens is 1. The third-order valence-corrected chi connectivity index (χ3v) is 6.44. The van der Waals surface area contributed by atoms with Gasteiger partial charge in [0.15, 0.2) is 5.69 Å². The van der Waals surface area contributed by atoms with E-state index in [4.69, 9.17) is 21.1 Å². The lowest BCUT2D eigenvalue weighted by Crippen LogP contribution is -2.30. The fraction of sp³-hybridized carbons (Fsp3) is 0.148. The molecule has 1 amide bonds. The summed E-state index contributed by atoms with van der Waals surface area (Å²) in [5.41, 5.74) is 2.28. The summed E-state index contributed by atoms with van der Waals surface area (Å²) in [5, 5.41) is 9.06. The van der Waals surface area contributed by atoms with Crippen LogP contribution in [0, 0.1) is 0 Å². The predicted molar refractivity (Wildman–Crippen MR) is 140 cm³/mol. The monoisotopic (exact) mass is 502 g/mol. The van der Waals surface area contributed by atoms with Crippen LogP contribution in [0.25, 0.3) is 27.5 Å². The summed E-state index contributed by atoms with van der Waals surface area (Å²) in [6.07, 6.45) is 0. The maximum atomic E-state index is 13.7. The van der Waals surface area contributed by atoms with E-state index in [0.717, 1.165) is 22.2 Å². The Morgan fingerprint density at radius 1 is 1.03 bits per heavy atom. The number of aromatic nitrogens is 3. The minimum Gasteiger partial charge on any atom is -0.497 e. The molecule has 0 fully saturated rings. The van der Waals surface area contributed by atoms with E-state index in [2.05, 4.69) is 10.4 Å². The van der Waals surface area contributed by atoms with Crippen molar-refractivity contribution in [1.29, 1.82) is 0 Å². The summed E-state index contributed by atoms with van der Waals surface area (Å²) in [7, 11) is 4.91. The van der Waals surface area contributed by atoms with Crippen molar-refractivity contribution in [2.75, 3.05) is 14.2 Å². The van der Waals surface area contributed by atoms with Crippen LogP contribution in [0.15, 0.2) is 71.5 Å². The van der Waals surface area contributed by atoms with Crippen molar-refractivity contribution < 1.29 is 14.3 Å². The molecule has 0 bridgehead atoms. The Bertz CT molecular complexity index is 1670. The Hall–Kier alpha value is -4.30. The zero-order valence-corrected chi connectivity index (χ0v) is 20.7. The first kappa shape index (κ1) is 23.4. The highest BCUT2D eigenvalue weighted by atomic mass is 35.5. The molecule has 8 nitrogen and oxygen atoms in total. The first-order valence-electron chi connectivity index (χ1n) is 11.2. The van der Waals surface area contributed by atoms with E-state index in [9.17, 15) is 9.59 Å². The molecule has 0 aliphatic heterocycles. The van der Waals surface area contributed by atoms with Gasteiger partial charge in [-0.15, -0.1) is 0 Å². The second-order valence-corrected chi connectivity index (χ2v) is 8.62. The summed E-state index contributed by atoms with van der Waals surface area (Å²) in [4.78, 5) is 27.2. The molecule has 0 unspecified atom stereocenters. The molecular weight excluding hydrogens is 480 g/mol. The van der Waals surface area contributed by atoms with Crippen molar-refractivity contribution >= 4 is 39.3 Å². The fourth-order valence-corrected chi connectivity index (χ4v) is 4.56. The third kappa shape index (κ3) is 3.95. The number of carbonyl (C=O) groups excluding carboxylic acids is 1. The molecule has 0 saturated heterocycles. The number of benzene rings is 3. The van der Waals surface area contributed by atoms with Crippen molar-refractivity contribution in [3.63, 3.8) is 0 Å². The van der Waals surface area contributed by atoms with Crippen molar-refractivity contribution in [2.45, 2.75) is 6.54 Å². The predicted octanol–water partition coefficient (Wildman–Crippen LogP) is 4.48. The average molecular weight is 503 g/mol. The highest BCUT2D eigenvalue weighted by molar-refractivity contribution is 6.32. The number of carbonyl (C=O) groups is 1. The number of para-hydroxylation sites is 1. The molecule has 182 valence electrons. The van der Waals surface area contributed by atoms with Crippen LogP contribution in [-0.4, -0.2) is 34.5 Å². The lowest BCUT2D eigenvalue weighted by atomic mass is 10.1. The van der Waals surface area contributed by atoms with Crippen LogP contribution in [-0.2, 0) is 13.6 Å². The standard InChI is InChI=1S/C27H23ClN4O4/c1-31-21-7-5-4-6-19(21)23-24(26(33)29-15-16-8-11-18(35-2)12-9-16)30-32(27(34)25(23)31)17-10-13-22(36-3)20(28)14-17/h4-14H,15H2,1-3H3,(H,29,33). The molecule has 0 atom stereocenters. The number of ether oxygens (including phenoxy) is 2. The number of nitrogens with zero attached hydrogens (tertiary/aromatic N) is 3. The molecule has 3 aromatic carbocycles. The highest BCUT2D eigenvalue weighted by Crippen LogP contribution is 2.30. The van der Waals surface area contributed by atoms with E-state index >= 15 is 0 Å². The lowest BCUT2D eigenvalue weighted by molar-refractivity contribution is 0.0946. The van der Waals surface area contributed by atoms with Crippen LogP contribution in [0.4, 0.5) is 0 Å². The maximum Gasteiger partial charge on any atom is 0.296 e. The van der Waals surface area contributed by atoms with Crippen molar-refractivity contribution in [2.24, 2.45) is 7.05 Å². The SMILES string of the molecule is COc1ccc(CNC(=O)c2nn(-c3ccc(OC)c(Cl)c3)c(=O)c3c2c2ccccc2n3C)cc1. The quantitative estimate of drug-likeness (QED) is 0.370. The van der Waals surface area contributed by atoms with Crippen LogP contribution in [0.1, 0.15) is 16.1 Å². The Balaban J connectivity index is 1.67. The second kappa shape index (κ2) is 9.39. The first-order chi connectivity index (χ1) is 17.4. The van der Waals surface area contributed by atoms with Gasteiger partial charge in [-0.3, -0.25) is 9.59 Å². The van der Waals surface area contributed by atoms with Gasteiger partial charge in [0.2, 0.25) is 0 Å². The van der Waals surface area contributed by atoms with Gasteiger partial charge in [0, 0.05) is 29.9 Å². The minimum atomic E-state index is -0.402. The number of amides is 1. The van der Waals surface area contributed by atoms with Crippen LogP contribution >= 0.6 is 11.6 Å². The van der Waals surface area contributed by atoms with Gasteiger partial charge in [0.25, 0.3) is 11.5 Å². The highest BCUT2D eigenvalue weighted by Gasteiger charge is 2.23. The Morgan fingerprint density at radius 3 is 2.47 bits per heavy atom. The van der Waals surface area contributed by atoms with Gasteiger partial charge in [0.1, 0.15) is 17.0 Å². The van der Waals surface area contributed by atoms with Crippen LogP contribution in [0.3, 0.4) is 0 Å². The molecule has 5 rings (SSSR count). The first-order valence-corrected chi connectivity index (χ1v) is 11.6. The number of nitrogens with one attached hydrogen (secondary N) is 1. The van der Waals surface area contributed by atoms with E-state index in [1.165, 1.54) is 11.8 Å². The summed E-state index contributed by atoms with van der Waals surface area (Å²) < 4.78 is 13.4. The molecule has 0 spiro atoms. The summed E-state index contributed by atoms with van der Waals surface area (Å²) in [6, 6.07) is 19.9. The molecule has 2 heterocycles. The van der Waals surface area contributed by atoms with Crippen molar-refractivity contribution in [1.82, 2.24) is 19.7 Å². The number of methoxy groups -OCH3 is 2. The molecule has 0 radical (unpaired) electrons. The number of hydrogen-bond acceptors (Lipinski definition) is 5. The molecule has 0 saturated carbocycles. The maximum absolute atomic E-state index is 13.7. The van der Waals surface area contributed by atoms with Gasteiger partial charge >= 0.3 is 0 Å². The second-order valence-electron chi connectivity index (χ2n) is 8.21. The van der Waals surface area contributed by atoms with Crippen LogP contribution < -0.4 is 20.3 Å². The Morgan fingerprint density at radius 2 is 1.78 bits per heavy atom. The fourth-order valence-electron chi connectivity index (χ4n) is 4.31. The number of rotatable bonds is 6. The van der Waals surface area contributed by atoms with E-state index in [-0.39, 0.29) is 17.8 Å². The largest absolute Gasteiger partial charge is 0.497 e. The van der Waals surface area contributed by atoms with Gasteiger partial charge in [0.05, 0.1) is 24.9 Å². The number of aryl methyl sites for hydroxylation is 1. The van der Waals surface area contributed by atoms with E-state index < -0.39 is 5.91 Å². The molecule has 9 heteroatoms. The Labute approximate surface area is 211 Å². The van der Waals surface area contributed by atoms with E-state index in [1.54, 1.807) is 36.9 Å². The molecule has 0 aliphatic carbocycles. The zero-order chi connectivity index (χ0) is 25.4. The van der Waals surface area contributed by atoms with Gasteiger partial charge in [-0.25, -0.2) is 0 Å². The summed E-state index contributed by atoms with van der Waals surface area (Å²) in [5.74, 6) is 0.798. The molecule has 0 aliphatic rings. The molecule has 2 aromatic heterocycles. The molecule has 1 N–H and O–H groups in total. The minimum absolute atomic E-state index is 0.141. The van der Waals surface area contributed by atoms with Crippen molar-refractivity contribution in [3.05, 3.63) is 93.4 Å². The topological polar surface area (TPSA) is 87.4 Å². The van der Waals surface area contributed by atoms with Gasteiger partial charge < -0.3 is 19.4 Å². The Kier molecular flexibility index (Phi) is 6.12. The zero-order valence-electron chi connectivity index (χ0n) is 19.9. The summed E-state index contributed by atoms with van der Waals surface area (Å²) >= 11 is 6.33. The van der Waals surface area contributed by atoms with Gasteiger partial charge in [-0.2, -0.15) is 9.78 Å². The molecule has 36 heavy (non-hydrogen) atoms. The van der Waals surface area contributed by atoms with Gasteiger partial charge in [-0.05, 0) is 42.0 Å². The molecular formula is C27H23ClN4O4. The van der Waals surface area contributed by atoms with Crippen molar-refractivity contribution in [3.8, 4) is 17.2 Å². The van der Waals surface area contributed by atoms with E-state index in [1.807, 2.05) is 48.5 Å². The smallest absolute Gasteiger partial charge is 0.296 e. The molecule has 5 aromatic rings. The van der Waals surface area contributed by atoms with Crippen LogP contribution in [0.2, 0.25) is 5.02 Å². The third-order valence-electron chi connectivity index (χ3n) is 6.15. The van der Waals surface area contributed by atoms with Crippen LogP contribution in [0.5, 0.6) is 11.5 Å².